The molecule has 3 amide bonds. The number of rotatable bonds is 8. The standard InChI is InChI=1S/C24H36N6O4/c1-7-15(2)20(27-23(33)34-24(4,5)6)22(32)30-14-18(28-29-25)13-19(30)21(31)26-16(3)17-11-9-8-10-12-17/h8-12,15-16,18-20H,7,13-14H2,1-6H3,(H,26,31)(H,27,33)/t15-,16+,18-,19-,20-/m0/s1. The molecule has 1 aliphatic heterocycles. The van der Waals surface area contributed by atoms with Crippen LogP contribution in [0.5, 0.6) is 0 Å². The summed E-state index contributed by atoms with van der Waals surface area (Å²) in [4.78, 5) is 43.5. The van der Waals surface area contributed by atoms with Crippen molar-refractivity contribution in [2.24, 2.45) is 11.0 Å². The average molecular weight is 473 g/mol. The van der Waals surface area contributed by atoms with Crippen LogP contribution in [0.4, 0.5) is 4.79 Å². The van der Waals surface area contributed by atoms with Crippen molar-refractivity contribution in [1.29, 1.82) is 0 Å². The third kappa shape index (κ3) is 7.38. The number of hydrogen-bond acceptors (Lipinski definition) is 5. The molecular weight excluding hydrogens is 436 g/mol. The molecule has 1 saturated heterocycles. The van der Waals surface area contributed by atoms with Gasteiger partial charge in [0.05, 0.1) is 12.1 Å². The van der Waals surface area contributed by atoms with E-state index in [0.717, 1.165) is 5.56 Å². The van der Waals surface area contributed by atoms with Gasteiger partial charge in [-0.3, -0.25) is 9.59 Å². The first-order valence-electron chi connectivity index (χ1n) is 11.7. The summed E-state index contributed by atoms with van der Waals surface area (Å²) in [7, 11) is 0. The van der Waals surface area contributed by atoms with Crippen LogP contribution >= 0.6 is 0 Å². The summed E-state index contributed by atoms with van der Waals surface area (Å²) in [5.74, 6) is -0.936. The number of benzene rings is 1. The monoisotopic (exact) mass is 472 g/mol. The van der Waals surface area contributed by atoms with Gasteiger partial charge < -0.3 is 20.3 Å². The first kappa shape index (κ1) is 27.0. The molecule has 0 aliphatic carbocycles. The van der Waals surface area contributed by atoms with Crippen molar-refractivity contribution in [3.63, 3.8) is 0 Å². The molecule has 10 nitrogen and oxygen atoms in total. The van der Waals surface area contributed by atoms with Gasteiger partial charge in [-0.25, -0.2) is 4.79 Å². The number of ether oxygens (including phenoxy) is 1. The maximum absolute atomic E-state index is 13.6. The van der Waals surface area contributed by atoms with Crippen molar-refractivity contribution in [2.45, 2.75) is 84.2 Å². The summed E-state index contributed by atoms with van der Waals surface area (Å²) in [5, 5.41) is 9.40. The molecule has 1 aromatic rings. The highest BCUT2D eigenvalue weighted by atomic mass is 16.6. The molecule has 186 valence electrons. The summed E-state index contributed by atoms with van der Waals surface area (Å²) >= 11 is 0. The number of likely N-dealkylation sites (tertiary alicyclic amines) is 1. The van der Waals surface area contributed by atoms with Crippen LogP contribution in [0.15, 0.2) is 35.4 Å². The van der Waals surface area contributed by atoms with E-state index in [-0.39, 0.29) is 30.8 Å². The minimum Gasteiger partial charge on any atom is -0.444 e. The highest BCUT2D eigenvalue weighted by molar-refractivity contribution is 5.92. The third-order valence-electron chi connectivity index (χ3n) is 5.89. The van der Waals surface area contributed by atoms with Gasteiger partial charge in [-0.1, -0.05) is 55.7 Å². The Morgan fingerprint density at radius 2 is 1.85 bits per heavy atom. The smallest absolute Gasteiger partial charge is 0.408 e. The Bertz CT molecular complexity index is 910. The van der Waals surface area contributed by atoms with Crippen LogP contribution in [-0.2, 0) is 14.3 Å². The number of nitrogens with zero attached hydrogens (tertiary/aromatic N) is 4. The molecule has 0 bridgehead atoms. The van der Waals surface area contributed by atoms with Gasteiger partial charge in [0.1, 0.15) is 17.7 Å². The Hall–Kier alpha value is -3.26. The van der Waals surface area contributed by atoms with Gasteiger partial charge in [-0.05, 0) is 51.1 Å². The van der Waals surface area contributed by atoms with E-state index >= 15 is 0 Å². The summed E-state index contributed by atoms with van der Waals surface area (Å²) in [6.07, 6.45) is 0.139. The molecule has 0 aromatic heterocycles. The number of amides is 3. The zero-order valence-corrected chi connectivity index (χ0v) is 20.8. The van der Waals surface area contributed by atoms with Gasteiger partial charge >= 0.3 is 6.09 Å². The van der Waals surface area contributed by atoms with Crippen molar-refractivity contribution in [3.05, 3.63) is 46.3 Å². The average Bonchev–Trinajstić information content (AvgIpc) is 3.20. The van der Waals surface area contributed by atoms with Crippen LogP contribution in [0.1, 0.15) is 66.0 Å². The topological polar surface area (TPSA) is 136 Å². The summed E-state index contributed by atoms with van der Waals surface area (Å²) < 4.78 is 5.34. The lowest BCUT2D eigenvalue weighted by molar-refractivity contribution is -0.141. The van der Waals surface area contributed by atoms with Crippen LogP contribution < -0.4 is 10.6 Å². The van der Waals surface area contributed by atoms with Crippen LogP contribution in [0.2, 0.25) is 0 Å². The van der Waals surface area contributed by atoms with Crippen LogP contribution in [0.3, 0.4) is 0 Å². The predicted molar refractivity (Wildman–Crippen MR) is 129 cm³/mol. The number of nitrogens with one attached hydrogen (secondary N) is 2. The fourth-order valence-corrected chi connectivity index (χ4v) is 3.89. The van der Waals surface area contributed by atoms with Gasteiger partial charge in [0.15, 0.2) is 0 Å². The minimum atomic E-state index is -0.883. The van der Waals surface area contributed by atoms with Crippen LogP contribution in [0.25, 0.3) is 10.4 Å². The maximum atomic E-state index is 13.6. The highest BCUT2D eigenvalue weighted by Crippen LogP contribution is 2.25. The van der Waals surface area contributed by atoms with Crippen molar-refractivity contribution in [1.82, 2.24) is 15.5 Å². The molecule has 34 heavy (non-hydrogen) atoms. The highest BCUT2D eigenvalue weighted by Gasteiger charge is 2.43. The number of alkyl carbamates (subject to hydrolysis) is 1. The Labute approximate surface area is 201 Å². The van der Waals surface area contributed by atoms with Gasteiger partial charge in [-0.2, -0.15) is 0 Å². The molecule has 1 aromatic carbocycles. The van der Waals surface area contributed by atoms with E-state index in [9.17, 15) is 14.4 Å². The predicted octanol–water partition coefficient (Wildman–Crippen LogP) is 4.08. The van der Waals surface area contributed by atoms with E-state index in [2.05, 4.69) is 20.7 Å². The van der Waals surface area contributed by atoms with E-state index < -0.39 is 35.7 Å². The Morgan fingerprint density at radius 3 is 2.41 bits per heavy atom. The molecule has 1 fully saturated rings. The molecule has 2 N–H and O–H groups in total. The molecule has 10 heteroatoms. The summed E-state index contributed by atoms with van der Waals surface area (Å²) in [6.45, 7) is 11.0. The number of carbonyl (C=O) groups is 3. The third-order valence-corrected chi connectivity index (χ3v) is 5.89. The quantitative estimate of drug-likeness (QED) is 0.334. The minimum absolute atomic E-state index is 0.101. The van der Waals surface area contributed by atoms with Crippen molar-refractivity contribution >= 4 is 17.9 Å². The van der Waals surface area contributed by atoms with E-state index in [1.165, 1.54) is 4.90 Å². The molecule has 2 rings (SSSR count). The largest absolute Gasteiger partial charge is 0.444 e. The Kier molecular flexibility index (Phi) is 9.32. The number of hydrogen-bond donors (Lipinski definition) is 2. The van der Waals surface area contributed by atoms with Gasteiger partial charge in [0, 0.05) is 11.5 Å². The Balaban J connectivity index is 2.24. The molecular formula is C24H36N6O4. The fraction of sp³-hybridized carbons (Fsp3) is 0.625. The van der Waals surface area contributed by atoms with Gasteiger partial charge in [0.2, 0.25) is 11.8 Å². The Morgan fingerprint density at radius 1 is 1.21 bits per heavy atom. The molecule has 0 radical (unpaired) electrons. The van der Waals surface area contributed by atoms with Crippen molar-refractivity contribution in [2.75, 3.05) is 6.54 Å². The zero-order valence-electron chi connectivity index (χ0n) is 20.8. The van der Waals surface area contributed by atoms with E-state index in [1.54, 1.807) is 20.8 Å². The van der Waals surface area contributed by atoms with Gasteiger partial charge in [0.25, 0.3) is 0 Å². The number of azide groups is 1. The molecule has 0 unspecified atom stereocenters. The van der Waals surface area contributed by atoms with Crippen LogP contribution in [0, 0.1) is 5.92 Å². The van der Waals surface area contributed by atoms with E-state index in [0.29, 0.717) is 6.42 Å². The molecule has 0 spiro atoms. The second-order valence-corrected chi connectivity index (χ2v) is 9.75. The molecule has 1 aliphatic rings. The number of carbonyl (C=O) groups excluding carboxylic acids is 3. The maximum Gasteiger partial charge on any atom is 0.408 e. The van der Waals surface area contributed by atoms with Crippen molar-refractivity contribution in [3.8, 4) is 0 Å². The second-order valence-electron chi connectivity index (χ2n) is 9.75. The van der Waals surface area contributed by atoms with Gasteiger partial charge in [-0.15, -0.1) is 0 Å². The lowest BCUT2D eigenvalue weighted by Crippen LogP contribution is -2.56. The SMILES string of the molecule is CC[C@H](C)[C@H](NC(=O)OC(C)(C)C)C(=O)N1C[C@@H](N=[N+]=[N-])C[C@H]1C(=O)N[C@H](C)c1ccccc1. The first-order chi connectivity index (χ1) is 16.0. The first-order valence-corrected chi connectivity index (χ1v) is 11.7. The fourth-order valence-electron chi connectivity index (χ4n) is 3.89. The summed E-state index contributed by atoms with van der Waals surface area (Å²) in [5.41, 5.74) is 9.13. The summed E-state index contributed by atoms with van der Waals surface area (Å²) in [6, 6.07) is 6.99. The van der Waals surface area contributed by atoms with E-state index in [4.69, 9.17) is 10.3 Å². The van der Waals surface area contributed by atoms with E-state index in [1.807, 2.05) is 51.1 Å². The molecule has 1 heterocycles. The molecule has 0 saturated carbocycles. The molecule has 5 atom stereocenters. The lowest BCUT2D eigenvalue weighted by atomic mass is 9.97. The lowest BCUT2D eigenvalue weighted by Gasteiger charge is -2.32. The van der Waals surface area contributed by atoms with Crippen molar-refractivity contribution < 1.29 is 19.1 Å². The second kappa shape index (κ2) is 11.7. The normalized spacial score (nSPS) is 20.5. The zero-order chi connectivity index (χ0) is 25.5. The van der Waals surface area contributed by atoms with Crippen LogP contribution in [-0.4, -0.2) is 53.1 Å².